The highest BCUT2D eigenvalue weighted by molar-refractivity contribution is 6.04. The number of amides is 4. The van der Waals surface area contributed by atoms with Crippen molar-refractivity contribution >= 4 is 35.4 Å². The first-order valence-corrected chi connectivity index (χ1v) is 24.7. The van der Waals surface area contributed by atoms with E-state index in [-0.39, 0.29) is 60.2 Å². The maximum Gasteiger partial charge on any atom is 0.416 e. The molecule has 2 N–H and O–H groups in total. The summed E-state index contributed by atoms with van der Waals surface area (Å²) in [5.41, 5.74) is -0.0473. The molecule has 0 saturated carbocycles. The summed E-state index contributed by atoms with van der Waals surface area (Å²) in [5.74, 6) is -1.49. The van der Waals surface area contributed by atoms with Crippen LogP contribution in [0.3, 0.4) is 0 Å². The Morgan fingerprint density at radius 2 is 0.974 bits per heavy atom. The molecule has 0 saturated heterocycles. The smallest absolute Gasteiger partial charge is 0.416 e. The van der Waals surface area contributed by atoms with E-state index in [1.165, 1.54) is 47.9 Å². The summed E-state index contributed by atoms with van der Waals surface area (Å²) in [5, 5.41) is 25.7. The highest BCUT2D eigenvalue weighted by Gasteiger charge is 2.45. The number of alkyl halides is 6. The Hall–Kier alpha value is -7.72. The Bertz CT molecular complexity index is 2680. The molecule has 0 bridgehead atoms. The second kappa shape index (κ2) is 25.7. The van der Waals surface area contributed by atoms with Gasteiger partial charge in [-0.3, -0.25) is 9.80 Å². The number of rotatable bonds is 22. The van der Waals surface area contributed by atoms with Gasteiger partial charge >= 0.3 is 36.4 Å². The number of anilines is 2. The third-order valence-corrected chi connectivity index (χ3v) is 12.9. The van der Waals surface area contributed by atoms with Gasteiger partial charge in [-0.15, -0.1) is 0 Å². The zero-order valence-electron chi connectivity index (χ0n) is 42.7. The summed E-state index contributed by atoms with van der Waals surface area (Å²) < 4.78 is 94.1. The molecule has 2 aliphatic rings. The van der Waals surface area contributed by atoms with Gasteiger partial charge in [-0.2, -0.15) is 36.9 Å². The molecule has 0 aromatic heterocycles. The molecule has 402 valence electrons. The minimum Gasteiger partial charge on any atom is -0.463 e. The van der Waals surface area contributed by atoms with Crippen molar-refractivity contribution < 1.29 is 55.0 Å². The zero-order chi connectivity index (χ0) is 55.3. The van der Waals surface area contributed by atoms with Crippen LogP contribution >= 0.6 is 0 Å². The van der Waals surface area contributed by atoms with Gasteiger partial charge in [0.1, 0.15) is 0 Å². The van der Waals surface area contributed by atoms with E-state index in [1.54, 1.807) is 62.4 Å². The van der Waals surface area contributed by atoms with Crippen molar-refractivity contribution in [1.29, 1.82) is 10.5 Å². The van der Waals surface area contributed by atoms with Crippen LogP contribution in [0.5, 0.6) is 0 Å². The average molecular weight is 1060 g/mol. The summed E-state index contributed by atoms with van der Waals surface area (Å²) in [6.45, 7) is 9.54. The van der Waals surface area contributed by atoms with Crippen molar-refractivity contribution in [2.75, 3.05) is 82.4 Å². The molecule has 0 fully saturated rings. The molecule has 4 aromatic rings. The molecule has 0 aliphatic carbocycles. The van der Waals surface area contributed by atoms with Crippen LogP contribution in [0.1, 0.15) is 86.0 Å². The molecule has 2 aliphatic heterocycles. The number of nitrogens with one attached hydrogen (secondary N) is 2. The standard InChI is InChI=1S/C55H59F6N9O6/c1-6-75-50(71)46-36(3)69(44-14-8-12-42(32-44)54(56,57)58)52(73)67(48(46)40-20-16-38(34-62)17-21-40)28-10-24-64-26-30-66(5)31-27-65-25-11-29-68-49(41-22-18-39(35-63)19-23-41)47(51(72)76-7-2)37(4)70(53(68)74)45-15-9-13-43(33-45)55(59,60)61/h8-9,12-23,32-33,48-49,64-65H,6-7,10-11,24-31H2,1-5H3. The van der Waals surface area contributed by atoms with Gasteiger partial charge in [-0.1, -0.05) is 36.4 Å². The molecule has 15 nitrogen and oxygen atoms in total. The summed E-state index contributed by atoms with van der Waals surface area (Å²) in [6.07, 6.45) is -8.62. The second-order valence-electron chi connectivity index (χ2n) is 17.9. The van der Waals surface area contributed by atoms with E-state index in [1.807, 2.05) is 7.05 Å². The highest BCUT2D eigenvalue weighted by atomic mass is 19.4. The van der Waals surface area contributed by atoms with Crippen LogP contribution in [0.25, 0.3) is 0 Å². The first-order valence-electron chi connectivity index (χ1n) is 24.7. The van der Waals surface area contributed by atoms with E-state index >= 15 is 0 Å². The maximum absolute atomic E-state index is 14.5. The number of benzene rings is 4. The van der Waals surface area contributed by atoms with Crippen LogP contribution < -0.4 is 20.4 Å². The second-order valence-corrected chi connectivity index (χ2v) is 17.9. The minimum absolute atomic E-state index is 0.000307. The topological polar surface area (TPSA) is 175 Å². The fraction of sp³-hybridized carbons (Fsp3) is 0.382. The van der Waals surface area contributed by atoms with Crippen LogP contribution in [-0.2, 0) is 31.4 Å². The van der Waals surface area contributed by atoms with Gasteiger partial charge in [0.05, 0.1) is 82.2 Å². The molecule has 2 unspecified atom stereocenters. The van der Waals surface area contributed by atoms with Gasteiger partial charge in [0.15, 0.2) is 0 Å². The third-order valence-electron chi connectivity index (χ3n) is 12.9. The van der Waals surface area contributed by atoms with Crippen molar-refractivity contribution in [1.82, 2.24) is 25.3 Å². The number of nitriles is 2. The van der Waals surface area contributed by atoms with Crippen LogP contribution in [0.15, 0.2) is 120 Å². The van der Waals surface area contributed by atoms with Gasteiger partial charge in [0.2, 0.25) is 0 Å². The highest BCUT2D eigenvalue weighted by Crippen LogP contribution is 2.43. The quantitative estimate of drug-likeness (QED) is 0.0436. The van der Waals surface area contributed by atoms with Crippen molar-refractivity contribution in [2.45, 2.75) is 65.0 Å². The normalized spacial score (nSPS) is 16.3. The van der Waals surface area contributed by atoms with Crippen molar-refractivity contribution in [3.63, 3.8) is 0 Å². The van der Waals surface area contributed by atoms with Crippen molar-refractivity contribution in [3.05, 3.63) is 153 Å². The van der Waals surface area contributed by atoms with Gasteiger partial charge in [0.25, 0.3) is 0 Å². The molecule has 4 aromatic carbocycles. The minimum atomic E-state index is -4.70. The van der Waals surface area contributed by atoms with Gasteiger partial charge in [-0.05, 0) is 132 Å². The van der Waals surface area contributed by atoms with E-state index in [4.69, 9.17) is 9.47 Å². The largest absolute Gasteiger partial charge is 0.463 e. The van der Waals surface area contributed by atoms with Crippen LogP contribution in [0.4, 0.5) is 47.3 Å². The van der Waals surface area contributed by atoms with Crippen molar-refractivity contribution in [2.24, 2.45) is 0 Å². The number of hydrogen-bond acceptors (Lipinski definition) is 11. The summed E-state index contributed by atoms with van der Waals surface area (Å²) in [6, 6.07) is 22.2. The molecule has 0 radical (unpaired) electrons. The first kappa shape index (κ1) is 57.6. The number of likely N-dealkylation sites (N-methyl/N-ethyl adjacent to an activating group) is 1. The van der Waals surface area contributed by atoms with E-state index in [2.05, 4.69) is 27.7 Å². The van der Waals surface area contributed by atoms with Gasteiger partial charge < -0.3 is 34.8 Å². The van der Waals surface area contributed by atoms with Crippen LogP contribution in [0.2, 0.25) is 0 Å². The molecule has 4 amide bonds. The molecule has 6 rings (SSSR count). The lowest BCUT2D eigenvalue weighted by Gasteiger charge is -2.43. The molecule has 2 heterocycles. The Morgan fingerprint density at radius 3 is 1.30 bits per heavy atom. The maximum atomic E-state index is 14.5. The molecule has 21 heteroatoms. The number of esters is 2. The number of halogens is 6. The fourth-order valence-electron chi connectivity index (χ4n) is 9.17. The van der Waals surface area contributed by atoms with E-state index in [9.17, 15) is 56.0 Å². The third kappa shape index (κ3) is 13.6. The van der Waals surface area contributed by atoms with Crippen molar-refractivity contribution in [3.8, 4) is 12.1 Å². The Balaban J connectivity index is 1.07. The van der Waals surface area contributed by atoms with E-state index in [0.29, 0.717) is 74.4 Å². The van der Waals surface area contributed by atoms with E-state index < -0.39 is 59.6 Å². The van der Waals surface area contributed by atoms with E-state index in [0.717, 1.165) is 34.1 Å². The summed E-state index contributed by atoms with van der Waals surface area (Å²) >= 11 is 0. The fourth-order valence-corrected chi connectivity index (χ4v) is 9.17. The lowest BCUT2D eigenvalue weighted by atomic mass is 9.92. The lowest BCUT2D eigenvalue weighted by molar-refractivity contribution is -0.140. The molecule has 2 atom stereocenters. The van der Waals surface area contributed by atoms with Gasteiger partial charge in [-0.25, -0.2) is 19.2 Å². The predicted molar refractivity (Wildman–Crippen MR) is 271 cm³/mol. The van der Waals surface area contributed by atoms with Gasteiger partial charge in [0, 0.05) is 50.7 Å². The Labute approximate surface area is 437 Å². The average Bonchev–Trinajstić information content (AvgIpc) is 3.43. The van der Waals surface area contributed by atoms with Crippen LogP contribution in [0, 0.1) is 22.7 Å². The molecular formula is C55H59F6N9O6. The Kier molecular flexibility index (Phi) is 19.4. The number of carbonyl (C=O) groups excluding carboxylic acids is 4. The summed E-state index contributed by atoms with van der Waals surface area (Å²) in [4.78, 5) is 63.5. The molecule has 76 heavy (non-hydrogen) atoms. The number of ether oxygens (including phenoxy) is 2. The SMILES string of the molecule is CCOC(=O)C1=C(C)N(c2cccc(C(F)(F)F)c2)C(=O)N(CCCNCCN(C)CCNCCCN2C(=O)N(c3cccc(C(F)(F)F)c3)C(C)=C(C(=O)OCC)C2c2ccc(C#N)cc2)C1c1ccc(C#N)cc1. The first-order chi connectivity index (χ1) is 36.2. The zero-order valence-corrected chi connectivity index (χ0v) is 42.7. The number of hydrogen-bond donors (Lipinski definition) is 2. The number of allylic oxidation sites excluding steroid dienone is 2. The predicted octanol–water partition coefficient (Wildman–Crippen LogP) is 9.70. The Morgan fingerprint density at radius 1 is 0.605 bits per heavy atom. The molecule has 0 spiro atoms. The molecular weight excluding hydrogens is 997 g/mol. The summed E-state index contributed by atoms with van der Waals surface area (Å²) in [7, 11) is 1.93. The number of urea groups is 2. The lowest BCUT2D eigenvalue weighted by Crippen LogP contribution is -2.51. The monoisotopic (exact) mass is 1060 g/mol. The number of carbonyl (C=O) groups is 4. The number of nitrogens with zero attached hydrogens (tertiary/aromatic N) is 7. The van der Waals surface area contributed by atoms with Crippen LogP contribution in [-0.4, -0.2) is 111 Å².